The standard InChI is InChI=1S/C23H18N4O2S/c1-16-10-11-25-21(14-16)27-22(28)19-4-2-3-5-20(19)26-23(27)30-13-12-29-18-8-6-17(15-24)7-9-18/h2-11,14H,12-13H2,1H3. The molecule has 2 heterocycles. The number of fused-ring (bicyclic) bond motifs is 1. The molecule has 0 atom stereocenters. The Balaban J connectivity index is 1.60. The van der Waals surface area contributed by atoms with Gasteiger partial charge in [-0.05, 0) is 61.0 Å². The van der Waals surface area contributed by atoms with E-state index < -0.39 is 0 Å². The Morgan fingerprint density at radius 2 is 1.93 bits per heavy atom. The monoisotopic (exact) mass is 414 g/mol. The van der Waals surface area contributed by atoms with Gasteiger partial charge in [0.15, 0.2) is 5.16 Å². The number of para-hydroxylation sites is 1. The third kappa shape index (κ3) is 4.19. The number of benzene rings is 2. The Morgan fingerprint density at radius 3 is 2.70 bits per heavy atom. The summed E-state index contributed by atoms with van der Waals surface area (Å²) < 4.78 is 7.31. The van der Waals surface area contributed by atoms with E-state index in [0.29, 0.717) is 45.5 Å². The molecular formula is C23H18N4O2S. The average Bonchev–Trinajstić information content (AvgIpc) is 2.77. The van der Waals surface area contributed by atoms with Gasteiger partial charge in [0.05, 0.1) is 29.1 Å². The topological polar surface area (TPSA) is 80.8 Å². The van der Waals surface area contributed by atoms with Crippen LogP contribution in [0.1, 0.15) is 11.1 Å². The highest BCUT2D eigenvalue weighted by atomic mass is 32.2. The summed E-state index contributed by atoms with van der Waals surface area (Å²) in [5.41, 5.74) is 2.11. The number of pyridine rings is 1. The zero-order valence-electron chi connectivity index (χ0n) is 16.3. The molecule has 2 aromatic carbocycles. The van der Waals surface area contributed by atoms with E-state index in [1.165, 1.54) is 11.8 Å². The molecule has 0 aliphatic rings. The molecule has 0 radical (unpaired) electrons. The van der Waals surface area contributed by atoms with Crippen molar-refractivity contribution in [1.29, 1.82) is 5.26 Å². The fourth-order valence-corrected chi connectivity index (χ4v) is 3.79. The summed E-state index contributed by atoms with van der Waals surface area (Å²) in [6.45, 7) is 2.39. The summed E-state index contributed by atoms with van der Waals surface area (Å²) in [4.78, 5) is 22.3. The highest BCUT2D eigenvalue weighted by Gasteiger charge is 2.14. The quantitative estimate of drug-likeness (QED) is 0.268. The van der Waals surface area contributed by atoms with Gasteiger partial charge in [-0.1, -0.05) is 23.9 Å². The van der Waals surface area contributed by atoms with Crippen molar-refractivity contribution in [3.8, 4) is 17.6 Å². The summed E-state index contributed by atoms with van der Waals surface area (Å²) in [6, 6.07) is 20.1. The predicted molar refractivity (Wildman–Crippen MR) is 117 cm³/mol. The van der Waals surface area contributed by atoms with Crippen LogP contribution in [0.4, 0.5) is 0 Å². The van der Waals surface area contributed by atoms with Gasteiger partial charge in [0.2, 0.25) is 0 Å². The molecule has 30 heavy (non-hydrogen) atoms. The van der Waals surface area contributed by atoms with E-state index >= 15 is 0 Å². The van der Waals surface area contributed by atoms with Gasteiger partial charge in [0, 0.05) is 11.9 Å². The molecule has 0 unspecified atom stereocenters. The Morgan fingerprint density at radius 1 is 1.13 bits per heavy atom. The van der Waals surface area contributed by atoms with Crippen LogP contribution in [0.15, 0.2) is 76.8 Å². The minimum atomic E-state index is -0.144. The second kappa shape index (κ2) is 8.80. The van der Waals surface area contributed by atoms with Crippen molar-refractivity contribution in [2.24, 2.45) is 0 Å². The first-order valence-electron chi connectivity index (χ1n) is 9.36. The van der Waals surface area contributed by atoms with Crippen molar-refractivity contribution >= 4 is 22.7 Å². The van der Waals surface area contributed by atoms with E-state index in [9.17, 15) is 4.79 Å². The lowest BCUT2D eigenvalue weighted by atomic mass is 10.2. The lowest BCUT2D eigenvalue weighted by molar-refractivity contribution is 0.344. The number of aryl methyl sites for hydroxylation is 1. The van der Waals surface area contributed by atoms with Crippen LogP contribution in [0, 0.1) is 18.3 Å². The fraction of sp³-hybridized carbons (Fsp3) is 0.130. The third-order valence-electron chi connectivity index (χ3n) is 4.44. The van der Waals surface area contributed by atoms with Gasteiger partial charge in [-0.25, -0.2) is 14.5 Å². The molecule has 6 nitrogen and oxygen atoms in total. The number of rotatable bonds is 6. The Bertz CT molecular complexity index is 1290. The van der Waals surface area contributed by atoms with Crippen LogP contribution in [0.2, 0.25) is 0 Å². The summed E-state index contributed by atoms with van der Waals surface area (Å²) in [5, 5.41) is 9.99. The van der Waals surface area contributed by atoms with Crippen LogP contribution in [-0.2, 0) is 0 Å². The molecule has 0 N–H and O–H groups in total. The average molecular weight is 414 g/mol. The third-order valence-corrected chi connectivity index (χ3v) is 5.34. The largest absolute Gasteiger partial charge is 0.493 e. The molecule has 148 valence electrons. The van der Waals surface area contributed by atoms with E-state index in [1.807, 2.05) is 37.3 Å². The number of ether oxygens (including phenoxy) is 1. The van der Waals surface area contributed by atoms with Crippen LogP contribution in [0.3, 0.4) is 0 Å². The molecule has 0 spiro atoms. The van der Waals surface area contributed by atoms with Gasteiger partial charge in [-0.3, -0.25) is 4.79 Å². The second-order valence-electron chi connectivity index (χ2n) is 6.58. The maximum atomic E-state index is 13.2. The van der Waals surface area contributed by atoms with Crippen molar-refractivity contribution in [3.05, 3.63) is 88.3 Å². The summed E-state index contributed by atoms with van der Waals surface area (Å²) in [7, 11) is 0. The molecule has 0 saturated carbocycles. The van der Waals surface area contributed by atoms with Gasteiger partial charge in [0.25, 0.3) is 5.56 Å². The van der Waals surface area contributed by atoms with Crippen molar-refractivity contribution in [2.45, 2.75) is 12.1 Å². The lowest BCUT2D eigenvalue weighted by Gasteiger charge is -2.13. The minimum absolute atomic E-state index is 0.144. The van der Waals surface area contributed by atoms with Crippen molar-refractivity contribution in [3.63, 3.8) is 0 Å². The Kier molecular flexibility index (Phi) is 5.77. The van der Waals surface area contributed by atoms with Gasteiger partial charge >= 0.3 is 0 Å². The van der Waals surface area contributed by atoms with Gasteiger partial charge in [-0.15, -0.1) is 0 Å². The fourth-order valence-electron chi connectivity index (χ4n) is 2.97. The van der Waals surface area contributed by atoms with Gasteiger partial charge in [0.1, 0.15) is 11.6 Å². The number of hydrogen-bond donors (Lipinski definition) is 0. The summed E-state index contributed by atoms with van der Waals surface area (Å²) in [6.07, 6.45) is 1.69. The van der Waals surface area contributed by atoms with Crippen molar-refractivity contribution in [2.75, 3.05) is 12.4 Å². The molecular weight excluding hydrogens is 396 g/mol. The number of thioether (sulfide) groups is 1. The van der Waals surface area contributed by atoms with E-state index in [-0.39, 0.29) is 5.56 Å². The predicted octanol–water partition coefficient (Wildman–Crippen LogP) is 4.13. The SMILES string of the molecule is Cc1ccnc(-n2c(SCCOc3ccc(C#N)cc3)nc3ccccc3c2=O)c1. The van der Waals surface area contributed by atoms with Crippen LogP contribution >= 0.6 is 11.8 Å². The maximum Gasteiger partial charge on any atom is 0.267 e. The molecule has 0 aliphatic carbocycles. The normalized spacial score (nSPS) is 10.7. The highest BCUT2D eigenvalue weighted by Crippen LogP contribution is 2.21. The minimum Gasteiger partial charge on any atom is -0.493 e. The van der Waals surface area contributed by atoms with Gasteiger partial charge in [-0.2, -0.15) is 5.26 Å². The highest BCUT2D eigenvalue weighted by molar-refractivity contribution is 7.99. The summed E-state index contributed by atoms with van der Waals surface area (Å²) >= 11 is 1.44. The Hall–Kier alpha value is -3.63. The molecule has 0 fully saturated rings. The first kappa shape index (κ1) is 19.7. The van der Waals surface area contributed by atoms with E-state index in [0.717, 1.165) is 5.56 Å². The van der Waals surface area contributed by atoms with Crippen LogP contribution in [0.5, 0.6) is 5.75 Å². The zero-order chi connectivity index (χ0) is 20.9. The number of nitrogens with zero attached hydrogens (tertiary/aromatic N) is 4. The zero-order valence-corrected chi connectivity index (χ0v) is 17.1. The molecule has 2 aromatic heterocycles. The molecule has 0 saturated heterocycles. The first-order chi connectivity index (χ1) is 14.7. The molecule has 7 heteroatoms. The van der Waals surface area contributed by atoms with Crippen LogP contribution in [-0.4, -0.2) is 26.9 Å². The maximum absolute atomic E-state index is 13.2. The molecule has 4 rings (SSSR count). The smallest absolute Gasteiger partial charge is 0.267 e. The molecule has 0 bridgehead atoms. The van der Waals surface area contributed by atoms with E-state index in [1.54, 1.807) is 41.1 Å². The molecule has 4 aromatic rings. The van der Waals surface area contributed by atoms with Gasteiger partial charge < -0.3 is 4.74 Å². The lowest BCUT2D eigenvalue weighted by Crippen LogP contribution is -2.23. The summed E-state index contributed by atoms with van der Waals surface area (Å²) in [5.74, 6) is 1.84. The van der Waals surface area contributed by atoms with Crippen LogP contribution < -0.4 is 10.3 Å². The number of aromatic nitrogens is 3. The Labute approximate surface area is 177 Å². The second-order valence-corrected chi connectivity index (χ2v) is 7.64. The molecule has 0 amide bonds. The number of nitriles is 1. The van der Waals surface area contributed by atoms with E-state index in [4.69, 9.17) is 15.0 Å². The first-order valence-corrected chi connectivity index (χ1v) is 10.3. The van der Waals surface area contributed by atoms with Crippen molar-refractivity contribution in [1.82, 2.24) is 14.5 Å². The van der Waals surface area contributed by atoms with E-state index in [2.05, 4.69) is 11.1 Å². The number of hydrogen-bond acceptors (Lipinski definition) is 6. The van der Waals surface area contributed by atoms with Crippen molar-refractivity contribution < 1.29 is 4.74 Å². The van der Waals surface area contributed by atoms with Crippen LogP contribution in [0.25, 0.3) is 16.7 Å². The molecule has 0 aliphatic heterocycles.